The third-order valence-electron chi connectivity index (χ3n) is 1.22. The zero-order valence-corrected chi connectivity index (χ0v) is 6.52. The van der Waals surface area contributed by atoms with Crippen LogP contribution in [0.25, 0.3) is 0 Å². The second-order valence-electron chi connectivity index (χ2n) is 2.22. The molecule has 1 aliphatic rings. The molecule has 2 N–H and O–H groups in total. The van der Waals surface area contributed by atoms with Gasteiger partial charge in [-0.1, -0.05) is 0 Å². The van der Waals surface area contributed by atoms with Crippen molar-refractivity contribution < 1.29 is 21.9 Å². The Morgan fingerprint density at radius 2 is 2.00 bits per heavy atom. The minimum atomic E-state index is -4.74. The Balaban J connectivity index is 2.67. The van der Waals surface area contributed by atoms with Crippen LogP contribution in [-0.2, 0) is 15.0 Å². The first-order chi connectivity index (χ1) is 5.38. The van der Waals surface area contributed by atoms with Crippen molar-refractivity contribution >= 4 is 22.2 Å². The maximum atomic E-state index is 12.0. The second kappa shape index (κ2) is 2.70. The predicted molar refractivity (Wildman–Crippen MR) is 35.4 cm³/mol. The largest absolute Gasteiger partial charge is 0.325 e. The third-order valence-corrected chi connectivity index (χ3v) is 1.96. The summed E-state index contributed by atoms with van der Waals surface area (Å²) in [5.41, 5.74) is 0. The van der Waals surface area contributed by atoms with Crippen LogP contribution >= 0.6 is 0 Å². The Morgan fingerprint density at radius 3 is 2.33 bits per heavy atom. The molecule has 0 aromatic rings. The van der Waals surface area contributed by atoms with E-state index in [1.54, 1.807) is 5.32 Å². The Hall–Kier alpha value is -1.18. The molecule has 0 unspecified atom stereocenters. The van der Waals surface area contributed by atoms with Gasteiger partial charge >= 0.3 is 16.3 Å². The zero-order valence-electron chi connectivity index (χ0n) is 5.70. The van der Waals surface area contributed by atoms with E-state index in [2.05, 4.69) is 0 Å². The average Bonchev–Trinajstić information content (AvgIpc) is 2.06. The van der Waals surface area contributed by atoms with Gasteiger partial charge in [0.1, 0.15) is 11.8 Å². The lowest BCUT2D eigenvalue weighted by atomic mass is 10.3. The van der Waals surface area contributed by atoms with Crippen LogP contribution in [0.15, 0.2) is 0 Å². The number of hydrogen-bond donors (Lipinski definition) is 2. The SMILES string of the molecule is O=C1NC(=O)[C@@H](CS(=O)(=O)F)N1. The molecular formula is C4H5FN2O4S. The van der Waals surface area contributed by atoms with Crippen LogP contribution < -0.4 is 10.6 Å². The van der Waals surface area contributed by atoms with E-state index >= 15 is 0 Å². The summed E-state index contributed by atoms with van der Waals surface area (Å²) in [6.45, 7) is 0. The Bertz CT molecular complexity index is 324. The van der Waals surface area contributed by atoms with Crippen molar-refractivity contribution in [2.24, 2.45) is 0 Å². The Morgan fingerprint density at radius 1 is 1.42 bits per heavy atom. The minimum Gasteiger partial charge on any atom is -0.325 e. The molecule has 0 saturated carbocycles. The summed E-state index contributed by atoms with van der Waals surface area (Å²) < 4.78 is 32.1. The highest BCUT2D eigenvalue weighted by Gasteiger charge is 2.33. The molecular weight excluding hydrogens is 191 g/mol. The zero-order chi connectivity index (χ0) is 9.35. The summed E-state index contributed by atoms with van der Waals surface area (Å²) in [7, 11) is -4.74. The van der Waals surface area contributed by atoms with Crippen LogP contribution in [0.4, 0.5) is 8.68 Å². The predicted octanol–water partition coefficient (Wildman–Crippen LogP) is -1.51. The van der Waals surface area contributed by atoms with E-state index in [1.165, 1.54) is 0 Å². The highest BCUT2D eigenvalue weighted by Crippen LogP contribution is 1.99. The number of amides is 3. The van der Waals surface area contributed by atoms with Crippen LogP contribution in [0.1, 0.15) is 0 Å². The molecule has 0 aromatic heterocycles. The number of nitrogens with one attached hydrogen (secondary N) is 2. The van der Waals surface area contributed by atoms with Crippen LogP contribution in [0.2, 0.25) is 0 Å². The van der Waals surface area contributed by atoms with E-state index < -0.39 is 34.0 Å². The lowest BCUT2D eigenvalue weighted by Gasteiger charge is -2.00. The van der Waals surface area contributed by atoms with Gasteiger partial charge in [0.15, 0.2) is 0 Å². The molecule has 1 fully saturated rings. The van der Waals surface area contributed by atoms with Crippen molar-refractivity contribution in [2.75, 3.05) is 5.75 Å². The normalized spacial score (nSPS) is 23.6. The first-order valence-electron chi connectivity index (χ1n) is 2.92. The quantitative estimate of drug-likeness (QED) is 0.415. The maximum absolute atomic E-state index is 12.0. The Kier molecular flexibility index (Phi) is 2.01. The Labute approximate surface area is 67.3 Å². The van der Waals surface area contributed by atoms with E-state index in [9.17, 15) is 21.9 Å². The molecule has 0 spiro atoms. The molecule has 0 bridgehead atoms. The van der Waals surface area contributed by atoms with Gasteiger partial charge in [-0.05, 0) is 0 Å². The number of carbonyl (C=O) groups excluding carboxylic acids is 2. The second-order valence-corrected chi connectivity index (χ2v) is 3.63. The fraction of sp³-hybridized carbons (Fsp3) is 0.500. The standard InChI is InChI=1S/C4H5FN2O4S/c5-12(10,11)1-2-3(8)7-4(9)6-2/h2H,1H2,(H2,6,7,8,9)/t2-/m1/s1. The number of urea groups is 1. The molecule has 8 heteroatoms. The minimum absolute atomic E-state index is 0.811. The average molecular weight is 196 g/mol. The number of rotatable bonds is 2. The highest BCUT2D eigenvalue weighted by atomic mass is 32.3. The number of halogens is 1. The molecule has 68 valence electrons. The topological polar surface area (TPSA) is 92.3 Å². The molecule has 1 heterocycles. The fourth-order valence-electron chi connectivity index (χ4n) is 0.775. The molecule has 6 nitrogen and oxygen atoms in total. The van der Waals surface area contributed by atoms with Gasteiger partial charge in [0.25, 0.3) is 5.91 Å². The summed E-state index contributed by atoms with van der Waals surface area (Å²) in [5, 5.41) is 3.71. The van der Waals surface area contributed by atoms with Crippen molar-refractivity contribution in [3.8, 4) is 0 Å². The van der Waals surface area contributed by atoms with Crippen molar-refractivity contribution in [3.05, 3.63) is 0 Å². The molecule has 1 atom stereocenters. The van der Waals surface area contributed by atoms with E-state index in [0.717, 1.165) is 0 Å². The van der Waals surface area contributed by atoms with Gasteiger partial charge in [-0.3, -0.25) is 10.1 Å². The summed E-state index contributed by atoms with van der Waals surface area (Å²) in [4.78, 5) is 21.0. The van der Waals surface area contributed by atoms with Crippen LogP contribution in [0.3, 0.4) is 0 Å². The van der Waals surface area contributed by atoms with Crippen molar-refractivity contribution in [1.82, 2.24) is 10.6 Å². The fourth-order valence-corrected chi connectivity index (χ4v) is 1.41. The summed E-state index contributed by atoms with van der Waals surface area (Å²) in [5.74, 6) is -1.86. The lowest BCUT2D eigenvalue weighted by molar-refractivity contribution is -0.119. The van der Waals surface area contributed by atoms with E-state index in [1.807, 2.05) is 5.32 Å². The molecule has 12 heavy (non-hydrogen) atoms. The smallest absolute Gasteiger partial charge is 0.322 e. The number of hydrogen-bond acceptors (Lipinski definition) is 4. The number of carbonyl (C=O) groups is 2. The van der Waals surface area contributed by atoms with Gasteiger partial charge in [-0.15, -0.1) is 3.89 Å². The highest BCUT2D eigenvalue weighted by molar-refractivity contribution is 7.86. The summed E-state index contributed by atoms with van der Waals surface area (Å²) in [6, 6.07) is -2.12. The summed E-state index contributed by atoms with van der Waals surface area (Å²) >= 11 is 0. The maximum Gasteiger partial charge on any atom is 0.322 e. The van der Waals surface area contributed by atoms with Gasteiger partial charge < -0.3 is 5.32 Å². The van der Waals surface area contributed by atoms with Gasteiger partial charge in [0.2, 0.25) is 0 Å². The molecule has 0 aliphatic carbocycles. The van der Waals surface area contributed by atoms with Crippen LogP contribution in [-0.4, -0.2) is 32.2 Å². The molecule has 1 saturated heterocycles. The molecule has 0 aromatic carbocycles. The summed E-state index contributed by atoms with van der Waals surface area (Å²) in [6.07, 6.45) is 0. The first kappa shape index (κ1) is 8.91. The molecule has 0 radical (unpaired) electrons. The van der Waals surface area contributed by atoms with Crippen LogP contribution in [0, 0.1) is 0 Å². The molecule has 1 rings (SSSR count). The van der Waals surface area contributed by atoms with Gasteiger partial charge in [-0.25, -0.2) is 4.79 Å². The van der Waals surface area contributed by atoms with Crippen molar-refractivity contribution in [1.29, 1.82) is 0 Å². The van der Waals surface area contributed by atoms with Crippen molar-refractivity contribution in [2.45, 2.75) is 6.04 Å². The monoisotopic (exact) mass is 196 g/mol. The van der Waals surface area contributed by atoms with E-state index in [-0.39, 0.29) is 0 Å². The van der Waals surface area contributed by atoms with Crippen molar-refractivity contribution in [3.63, 3.8) is 0 Å². The van der Waals surface area contributed by atoms with Crippen LogP contribution in [0.5, 0.6) is 0 Å². The third kappa shape index (κ3) is 2.16. The molecule has 3 amide bonds. The van der Waals surface area contributed by atoms with Gasteiger partial charge in [0, 0.05) is 0 Å². The van der Waals surface area contributed by atoms with Gasteiger partial charge in [-0.2, -0.15) is 8.42 Å². The molecule has 1 aliphatic heterocycles. The lowest BCUT2D eigenvalue weighted by Crippen LogP contribution is -2.34. The number of imide groups is 1. The van der Waals surface area contributed by atoms with Gasteiger partial charge in [0.05, 0.1) is 0 Å². The van der Waals surface area contributed by atoms with E-state index in [0.29, 0.717) is 0 Å². The first-order valence-corrected chi connectivity index (χ1v) is 4.47. The van der Waals surface area contributed by atoms with E-state index in [4.69, 9.17) is 0 Å².